The minimum absolute atomic E-state index is 0.253. The molecule has 4 heterocycles. The number of hydrazone groups is 1. The van der Waals surface area contributed by atoms with Crippen LogP contribution in [0, 0.1) is 5.92 Å². The third-order valence-electron chi connectivity index (χ3n) is 4.74. The fraction of sp³-hybridized carbons (Fsp3) is 0.250. The molecule has 0 saturated heterocycles. The highest BCUT2D eigenvalue weighted by Gasteiger charge is 2.30. The summed E-state index contributed by atoms with van der Waals surface area (Å²) in [5.74, 6) is 1.80. The number of pyridine rings is 1. The van der Waals surface area contributed by atoms with Gasteiger partial charge in [-0.1, -0.05) is 12.2 Å². The third-order valence-corrected chi connectivity index (χ3v) is 4.74. The Kier molecular flexibility index (Phi) is 3.66. The lowest BCUT2D eigenvalue weighted by Crippen LogP contribution is -2.40. The van der Waals surface area contributed by atoms with Gasteiger partial charge in [-0.25, -0.2) is 0 Å². The van der Waals surface area contributed by atoms with Gasteiger partial charge in [0.2, 0.25) is 6.79 Å². The molecule has 3 aliphatic rings. The zero-order valence-corrected chi connectivity index (χ0v) is 14.2. The lowest BCUT2D eigenvalue weighted by Gasteiger charge is -2.32. The van der Waals surface area contributed by atoms with Crippen LogP contribution in [-0.2, 0) is 6.54 Å². The first-order chi connectivity index (χ1) is 12.9. The van der Waals surface area contributed by atoms with E-state index in [0.29, 0.717) is 6.54 Å². The van der Waals surface area contributed by atoms with Gasteiger partial charge < -0.3 is 9.47 Å². The predicted octanol–water partition coefficient (Wildman–Crippen LogP) is 2.66. The van der Waals surface area contributed by atoms with E-state index < -0.39 is 0 Å². The Balaban J connectivity index is 1.52. The molecule has 0 saturated carbocycles. The van der Waals surface area contributed by atoms with Gasteiger partial charge in [0.1, 0.15) is 5.71 Å². The van der Waals surface area contributed by atoms with Crippen molar-refractivity contribution in [3.05, 3.63) is 66.0 Å². The van der Waals surface area contributed by atoms with Gasteiger partial charge in [-0.05, 0) is 35.9 Å². The summed E-state index contributed by atoms with van der Waals surface area (Å²) in [5, 5.41) is 7.03. The second-order valence-corrected chi connectivity index (χ2v) is 6.48. The molecule has 6 nitrogen and oxygen atoms in total. The number of nitrogens with zero attached hydrogens (tertiary/aromatic N) is 4. The molecular weight excluding hydrogens is 328 g/mol. The van der Waals surface area contributed by atoms with Crippen molar-refractivity contribution in [3.8, 4) is 11.5 Å². The first kappa shape index (κ1) is 15.1. The van der Waals surface area contributed by atoms with E-state index >= 15 is 0 Å². The molecule has 0 bridgehead atoms. The second kappa shape index (κ2) is 6.29. The monoisotopic (exact) mass is 346 g/mol. The van der Waals surface area contributed by atoms with Gasteiger partial charge in [-0.2, -0.15) is 5.10 Å². The summed E-state index contributed by atoms with van der Waals surface area (Å²) in [5.41, 5.74) is 4.16. The highest BCUT2D eigenvalue weighted by atomic mass is 16.7. The molecule has 1 aromatic carbocycles. The number of dihydropyridines is 1. The molecule has 0 amide bonds. The van der Waals surface area contributed by atoms with Crippen molar-refractivity contribution >= 4 is 11.4 Å². The van der Waals surface area contributed by atoms with Crippen molar-refractivity contribution in [2.45, 2.75) is 6.54 Å². The van der Waals surface area contributed by atoms with E-state index in [1.54, 1.807) is 0 Å². The van der Waals surface area contributed by atoms with Crippen LogP contribution in [0.5, 0.6) is 11.5 Å². The summed E-state index contributed by atoms with van der Waals surface area (Å²) >= 11 is 0. The van der Waals surface area contributed by atoms with Crippen molar-refractivity contribution < 1.29 is 9.47 Å². The number of hydrogen-bond donors (Lipinski definition) is 0. The predicted molar refractivity (Wildman–Crippen MR) is 98.7 cm³/mol. The number of rotatable bonds is 3. The third kappa shape index (κ3) is 2.73. The van der Waals surface area contributed by atoms with Crippen LogP contribution < -0.4 is 9.47 Å². The summed E-state index contributed by atoms with van der Waals surface area (Å²) in [6.07, 6.45) is 8.00. The van der Waals surface area contributed by atoms with E-state index in [1.807, 2.05) is 42.7 Å². The maximum atomic E-state index is 5.54. The summed E-state index contributed by atoms with van der Waals surface area (Å²) in [7, 11) is 0. The smallest absolute Gasteiger partial charge is 0.231 e. The Morgan fingerprint density at radius 3 is 2.88 bits per heavy atom. The van der Waals surface area contributed by atoms with Gasteiger partial charge in [0, 0.05) is 30.4 Å². The Bertz CT molecular complexity index is 921. The van der Waals surface area contributed by atoms with E-state index in [1.165, 1.54) is 5.56 Å². The summed E-state index contributed by atoms with van der Waals surface area (Å²) in [4.78, 5) is 8.82. The van der Waals surface area contributed by atoms with Crippen LogP contribution in [0.4, 0.5) is 0 Å². The average Bonchev–Trinajstić information content (AvgIpc) is 3.16. The van der Waals surface area contributed by atoms with Gasteiger partial charge in [0.05, 0.1) is 18.8 Å². The molecule has 0 spiro atoms. The van der Waals surface area contributed by atoms with Crippen LogP contribution >= 0.6 is 0 Å². The van der Waals surface area contributed by atoms with Crippen LogP contribution in [0.3, 0.4) is 0 Å². The standard InChI is InChI=1S/C20H18N4O2/c1-2-16-12-24(11-14-5-8-21-9-6-14)23-20(19(16)22-7-1)15-3-4-17-18(10-15)26-13-25-17/h1-6,8-10,16H,7,11-13H2. The number of fused-ring (bicyclic) bond motifs is 2. The molecule has 26 heavy (non-hydrogen) atoms. The molecule has 0 aliphatic carbocycles. The largest absolute Gasteiger partial charge is 0.454 e. The first-order valence-corrected chi connectivity index (χ1v) is 8.71. The summed E-state index contributed by atoms with van der Waals surface area (Å²) < 4.78 is 11.0. The van der Waals surface area contributed by atoms with Crippen LogP contribution in [0.15, 0.2) is 65.0 Å². The van der Waals surface area contributed by atoms with Gasteiger partial charge in [-0.3, -0.25) is 15.0 Å². The van der Waals surface area contributed by atoms with Crippen molar-refractivity contribution in [2.24, 2.45) is 16.0 Å². The molecule has 6 heteroatoms. The number of hydrogen-bond acceptors (Lipinski definition) is 6. The fourth-order valence-electron chi connectivity index (χ4n) is 3.49. The quantitative estimate of drug-likeness (QED) is 0.802. The van der Waals surface area contributed by atoms with Crippen LogP contribution in [-0.4, -0.2) is 41.3 Å². The molecule has 2 aromatic rings. The topological polar surface area (TPSA) is 59.3 Å². The normalized spacial score (nSPS) is 20.5. The Morgan fingerprint density at radius 1 is 1.08 bits per heavy atom. The van der Waals surface area contributed by atoms with Crippen molar-refractivity contribution in [2.75, 3.05) is 19.9 Å². The maximum Gasteiger partial charge on any atom is 0.231 e. The first-order valence-electron chi connectivity index (χ1n) is 8.71. The van der Waals surface area contributed by atoms with E-state index in [0.717, 1.165) is 41.6 Å². The molecule has 1 unspecified atom stereocenters. The lowest BCUT2D eigenvalue weighted by atomic mass is 9.91. The minimum Gasteiger partial charge on any atom is -0.454 e. The van der Waals surface area contributed by atoms with Crippen LogP contribution in [0.25, 0.3) is 0 Å². The highest BCUT2D eigenvalue weighted by Crippen LogP contribution is 2.34. The van der Waals surface area contributed by atoms with Crippen LogP contribution in [0.2, 0.25) is 0 Å². The van der Waals surface area contributed by atoms with Gasteiger partial charge >= 0.3 is 0 Å². The molecule has 1 aromatic heterocycles. The Labute approximate surface area is 151 Å². The SMILES string of the molecule is C1=CC2CN(Cc3ccncc3)N=C(c3ccc4c(c3)OCO4)C2=NC1. The molecule has 5 rings (SSSR count). The van der Waals surface area contributed by atoms with E-state index in [4.69, 9.17) is 19.6 Å². The number of ether oxygens (including phenoxy) is 2. The van der Waals surface area contributed by atoms with Gasteiger partial charge in [-0.15, -0.1) is 0 Å². The molecule has 1 atom stereocenters. The Hall–Kier alpha value is -3.15. The number of aromatic nitrogens is 1. The Morgan fingerprint density at radius 2 is 1.96 bits per heavy atom. The number of aliphatic imine (C=N–C) groups is 1. The van der Waals surface area contributed by atoms with Crippen molar-refractivity contribution in [3.63, 3.8) is 0 Å². The second-order valence-electron chi connectivity index (χ2n) is 6.48. The highest BCUT2D eigenvalue weighted by molar-refractivity contribution is 6.49. The maximum absolute atomic E-state index is 5.54. The number of benzene rings is 1. The van der Waals surface area contributed by atoms with E-state index in [2.05, 4.69) is 22.1 Å². The van der Waals surface area contributed by atoms with Crippen molar-refractivity contribution in [1.29, 1.82) is 0 Å². The summed E-state index contributed by atoms with van der Waals surface area (Å²) in [6.45, 7) is 2.55. The van der Waals surface area contributed by atoms with Crippen molar-refractivity contribution in [1.82, 2.24) is 9.99 Å². The zero-order valence-electron chi connectivity index (χ0n) is 14.2. The molecule has 0 radical (unpaired) electrons. The molecular formula is C20H18N4O2. The molecule has 0 fully saturated rings. The van der Waals surface area contributed by atoms with Gasteiger partial charge in [0.15, 0.2) is 11.5 Å². The lowest BCUT2D eigenvalue weighted by molar-refractivity contribution is 0.174. The molecule has 3 aliphatic heterocycles. The fourth-order valence-corrected chi connectivity index (χ4v) is 3.49. The van der Waals surface area contributed by atoms with Gasteiger partial charge in [0.25, 0.3) is 0 Å². The van der Waals surface area contributed by atoms with E-state index in [-0.39, 0.29) is 12.7 Å². The molecule has 0 N–H and O–H groups in total. The zero-order chi connectivity index (χ0) is 17.3. The van der Waals surface area contributed by atoms with Crippen LogP contribution in [0.1, 0.15) is 11.1 Å². The van der Waals surface area contributed by atoms with E-state index in [9.17, 15) is 0 Å². The average molecular weight is 346 g/mol. The minimum atomic E-state index is 0.253. The summed E-state index contributed by atoms with van der Waals surface area (Å²) in [6, 6.07) is 10.0. The molecule has 130 valence electrons.